The molecule has 0 aliphatic heterocycles. The van der Waals surface area contributed by atoms with E-state index in [4.69, 9.17) is 0 Å². The largest absolute Gasteiger partial charge is 0.508 e. The Morgan fingerprint density at radius 2 is 1.66 bits per heavy atom. The molecular formula is C27H42N2O10P2. The fraction of sp³-hybridized carbons (Fsp3) is 0.741. The van der Waals surface area contributed by atoms with Crippen molar-refractivity contribution in [3.8, 4) is 5.75 Å². The third-order valence-corrected chi connectivity index (χ3v) is 14.6. The molecule has 1 aromatic carbocycles. The summed E-state index contributed by atoms with van der Waals surface area (Å²) in [6, 6.07) is 4.39. The normalized spacial score (nSPS) is 35.7. The molecular weight excluding hydrogens is 574 g/mol. The Morgan fingerprint density at radius 3 is 2.32 bits per heavy atom. The second-order valence-corrected chi connectivity index (χ2v) is 16.9. The number of hydrogen-bond acceptors (Lipinski definition) is 7. The molecule has 230 valence electrons. The van der Waals surface area contributed by atoms with Crippen molar-refractivity contribution in [1.29, 1.82) is 0 Å². The summed E-state index contributed by atoms with van der Waals surface area (Å²) in [4.78, 5) is 51.8. The number of rotatable bonds is 7. The summed E-state index contributed by atoms with van der Waals surface area (Å²) in [5.41, 5.74) is 0.160. The summed E-state index contributed by atoms with van der Waals surface area (Å²) in [6.45, 7) is 0.939. The number of hydrogen-bond donors (Lipinski definition) is 9. The molecule has 0 bridgehead atoms. The molecule has 0 spiro atoms. The van der Waals surface area contributed by atoms with Crippen LogP contribution in [0, 0.1) is 17.3 Å². The van der Waals surface area contributed by atoms with Crippen LogP contribution in [0.5, 0.6) is 5.75 Å². The fourth-order valence-corrected chi connectivity index (χ4v) is 10.4. The molecule has 14 heteroatoms. The number of nitrogens with one attached hydrogen (secondary N) is 2. The van der Waals surface area contributed by atoms with Crippen LogP contribution in [0.3, 0.4) is 0 Å². The molecule has 12 nitrogen and oxygen atoms in total. The van der Waals surface area contributed by atoms with Crippen molar-refractivity contribution in [2.75, 3.05) is 6.54 Å². The lowest BCUT2D eigenvalue weighted by atomic mass is 9.53. The molecule has 3 fully saturated rings. The molecule has 1 aromatic rings. The lowest BCUT2D eigenvalue weighted by Crippen LogP contribution is -2.62. The van der Waals surface area contributed by atoms with Crippen molar-refractivity contribution in [3.05, 3.63) is 29.3 Å². The summed E-state index contributed by atoms with van der Waals surface area (Å²) in [5, 5.41) is 34.3. The van der Waals surface area contributed by atoms with Gasteiger partial charge in [0.2, 0.25) is 0 Å². The Morgan fingerprint density at radius 1 is 1.00 bits per heavy atom. The predicted molar refractivity (Wildman–Crippen MR) is 149 cm³/mol. The number of phenolic OH excluding ortho intramolecular Hbond substituents is 1. The van der Waals surface area contributed by atoms with Crippen LogP contribution >= 0.6 is 15.2 Å². The zero-order valence-electron chi connectivity index (χ0n) is 23.1. The van der Waals surface area contributed by atoms with Crippen molar-refractivity contribution in [2.45, 2.75) is 99.8 Å². The van der Waals surface area contributed by atoms with Crippen molar-refractivity contribution < 1.29 is 48.8 Å². The van der Waals surface area contributed by atoms with Crippen molar-refractivity contribution in [3.63, 3.8) is 0 Å². The molecule has 0 aromatic heterocycles. The minimum atomic E-state index is -5.62. The third kappa shape index (κ3) is 5.13. The molecule has 4 aliphatic carbocycles. The van der Waals surface area contributed by atoms with Crippen LogP contribution < -0.4 is 10.6 Å². The Kier molecular flexibility index (Phi) is 8.10. The van der Waals surface area contributed by atoms with E-state index < -0.39 is 55.8 Å². The van der Waals surface area contributed by atoms with E-state index in [1.54, 1.807) is 6.07 Å². The van der Waals surface area contributed by atoms with E-state index in [-0.39, 0.29) is 11.7 Å². The van der Waals surface area contributed by atoms with Gasteiger partial charge in [0.25, 0.3) is 11.0 Å². The Hall–Kier alpha value is -1.33. The van der Waals surface area contributed by atoms with Gasteiger partial charge in [-0.05, 0) is 92.4 Å². The number of carbonyl (C=O) groups is 1. The van der Waals surface area contributed by atoms with E-state index in [2.05, 4.69) is 10.6 Å². The van der Waals surface area contributed by atoms with Gasteiger partial charge in [-0.25, -0.2) is 0 Å². The molecule has 7 atom stereocenters. The summed E-state index contributed by atoms with van der Waals surface area (Å²) in [7, 11) is -11.2. The fourth-order valence-electron chi connectivity index (χ4n) is 8.44. The van der Waals surface area contributed by atoms with E-state index in [0.29, 0.717) is 50.4 Å². The number of fused-ring (bicyclic) bond motifs is 5. The molecule has 3 saturated carbocycles. The summed E-state index contributed by atoms with van der Waals surface area (Å²) < 4.78 is 23.6. The van der Waals surface area contributed by atoms with Crippen molar-refractivity contribution in [1.82, 2.24) is 10.6 Å². The average Bonchev–Trinajstić information content (AvgIpc) is 3.18. The van der Waals surface area contributed by atoms with Gasteiger partial charge in [-0.15, -0.1) is 0 Å². The number of amides is 1. The highest BCUT2D eigenvalue weighted by Crippen LogP contribution is 2.67. The Labute approximate surface area is 239 Å². The van der Waals surface area contributed by atoms with Gasteiger partial charge >= 0.3 is 15.2 Å². The van der Waals surface area contributed by atoms with Crippen molar-refractivity contribution in [2.24, 2.45) is 17.3 Å². The molecule has 1 amide bonds. The maximum atomic E-state index is 13.8. The van der Waals surface area contributed by atoms with E-state index in [1.807, 2.05) is 19.1 Å². The van der Waals surface area contributed by atoms with Gasteiger partial charge in [0.05, 0.1) is 0 Å². The molecule has 0 radical (unpaired) electrons. The average molecular weight is 617 g/mol. The first-order valence-corrected chi connectivity index (χ1v) is 17.7. The highest BCUT2D eigenvalue weighted by Gasteiger charge is 2.65. The summed E-state index contributed by atoms with van der Waals surface area (Å²) in [5.74, 6) is 0.534. The topological polar surface area (TPSA) is 217 Å². The van der Waals surface area contributed by atoms with Crippen LogP contribution in [-0.2, 0) is 20.3 Å². The van der Waals surface area contributed by atoms with Gasteiger partial charge < -0.3 is 45.5 Å². The van der Waals surface area contributed by atoms with Gasteiger partial charge in [0.15, 0.2) is 0 Å². The molecule has 0 saturated heterocycles. The molecule has 0 heterocycles. The van der Waals surface area contributed by atoms with E-state index in [0.717, 1.165) is 25.7 Å². The molecule has 5 unspecified atom stereocenters. The van der Waals surface area contributed by atoms with E-state index in [1.165, 1.54) is 11.1 Å². The zero-order valence-corrected chi connectivity index (χ0v) is 24.9. The number of aromatic hydroxyl groups is 1. The predicted octanol–water partition coefficient (Wildman–Crippen LogP) is 2.00. The number of phenols is 1. The van der Waals surface area contributed by atoms with Gasteiger partial charge in [-0.1, -0.05) is 25.8 Å². The van der Waals surface area contributed by atoms with Crippen LogP contribution in [0.2, 0.25) is 0 Å². The van der Waals surface area contributed by atoms with Gasteiger partial charge in [0, 0.05) is 24.0 Å². The molecule has 41 heavy (non-hydrogen) atoms. The second-order valence-electron chi connectivity index (χ2n) is 12.9. The van der Waals surface area contributed by atoms with Gasteiger partial charge in [-0.3, -0.25) is 13.9 Å². The van der Waals surface area contributed by atoms with Crippen LogP contribution in [0.4, 0.5) is 0 Å². The first-order valence-electron chi connectivity index (χ1n) is 14.4. The maximum absolute atomic E-state index is 13.8. The van der Waals surface area contributed by atoms with E-state index in [9.17, 15) is 48.8 Å². The lowest BCUT2D eigenvalue weighted by molar-refractivity contribution is -0.160. The Balaban J connectivity index is 1.31. The van der Waals surface area contributed by atoms with Crippen LogP contribution in [0.1, 0.15) is 81.8 Å². The van der Waals surface area contributed by atoms with Gasteiger partial charge in [0.1, 0.15) is 11.4 Å². The third-order valence-electron chi connectivity index (χ3n) is 10.9. The van der Waals surface area contributed by atoms with E-state index >= 15 is 0 Å². The molecule has 9 N–H and O–H groups in total. The lowest BCUT2D eigenvalue weighted by Gasteiger charge is -2.53. The molecule has 5 rings (SSSR count). The van der Waals surface area contributed by atoms with Crippen LogP contribution in [0.15, 0.2) is 18.2 Å². The number of carbonyl (C=O) groups excluding carboxylic acids is 1. The van der Waals surface area contributed by atoms with Crippen molar-refractivity contribution >= 4 is 21.1 Å². The second kappa shape index (κ2) is 10.7. The standard InChI is InChI=1S/C27H42N2O10P2/c1-25-12-10-19-18-9-7-17(30)14-16(18)6-8-20(19)21(25)11-13-26(25,32)24(31)29-23-5-3-2-4-22(23)28-15-27(33,40(34,35)36)41(37,38)39/h7,9,14,19-23,28,30,32-33H,2-6,8,10-13,15H2,1H3,(H,29,31)(H2,34,35,36)(H2,37,38,39)/t19?,20?,21?,22?,23?,25-,26-/m0/s1. The summed E-state index contributed by atoms with van der Waals surface area (Å²) >= 11 is 0. The highest BCUT2D eigenvalue weighted by molar-refractivity contribution is 7.72. The van der Waals surface area contributed by atoms with Gasteiger partial charge in [-0.2, -0.15) is 0 Å². The number of benzene rings is 1. The monoisotopic (exact) mass is 616 g/mol. The maximum Gasteiger partial charge on any atom is 0.370 e. The Bertz CT molecular complexity index is 1260. The minimum Gasteiger partial charge on any atom is -0.508 e. The first-order chi connectivity index (χ1) is 19.0. The molecule has 4 aliphatic rings. The van der Waals surface area contributed by atoms with Crippen LogP contribution in [0.25, 0.3) is 0 Å². The first kappa shape index (κ1) is 31.1. The number of aliphatic hydroxyl groups is 2. The SMILES string of the molecule is C[C@]12CCC3c4ccc(O)cc4CCC3C1CC[C@]2(O)C(=O)NC1CCCCC1NCC(O)(P(=O)(O)O)P(=O)(O)O. The van der Waals surface area contributed by atoms with Crippen LogP contribution in [-0.4, -0.2) is 70.1 Å². The summed E-state index contributed by atoms with van der Waals surface area (Å²) in [6.07, 6.45) is 6.67. The minimum absolute atomic E-state index is 0.140. The number of aryl methyl sites for hydroxylation is 1. The quantitative estimate of drug-likeness (QED) is 0.202. The zero-order chi connectivity index (χ0) is 30.0. The highest BCUT2D eigenvalue weighted by atomic mass is 31.2. The smallest absolute Gasteiger partial charge is 0.370 e.